The summed E-state index contributed by atoms with van der Waals surface area (Å²) >= 11 is 1.66. The summed E-state index contributed by atoms with van der Waals surface area (Å²) in [6.07, 6.45) is 0.868. The molecule has 0 amide bonds. The molecule has 1 heterocycles. The Balaban J connectivity index is 2.08. The minimum Gasteiger partial charge on any atom is -0.397 e. The van der Waals surface area contributed by atoms with E-state index in [2.05, 4.69) is 21.5 Å². The maximum Gasteiger partial charge on any atom is 0.240 e. The van der Waals surface area contributed by atoms with Gasteiger partial charge in [-0.1, -0.05) is 6.92 Å². The van der Waals surface area contributed by atoms with E-state index in [0.29, 0.717) is 24.5 Å². The summed E-state index contributed by atoms with van der Waals surface area (Å²) in [5, 5.41) is 7.32. The number of hydrogen-bond donors (Lipinski definition) is 3. The predicted octanol–water partition coefficient (Wildman–Crippen LogP) is 2.28. The van der Waals surface area contributed by atoms with E-state index in [9.17, 15) is 8.42 Å². The first kappa shape index (κ1) is 15.8. The highest BCUT2D eigenvalue weighted by Gasteiger charge is 2.14. The fourth-order valence-electron chi connectivity index (χ4n) is 1.91. The summed E-state index contributed by atoms with van der Waals surface area (Å²) < 4.78 is 26.4. The van der Waals surface area contributed by atoms with E-state index in [4.69, 9.17) is 5.73 Å². The van der Waals surface area contributed by atoms with Crippen molar-refractivity contribution in [3.8, 4) is 0 Å². The zero-order valence-corrected chi connectivity index (χ0v) is 13.4. The summed E-state index contributed by atoms with van der Waals surface area (Å²) in [5.74, 6) is 0. The fourth-order valence-corrected chi connectivity index (χ4v) is 3.68. The van der Waals surface area contributed by atoms with Crippen LogP contribution in [0.3, 0.4) is 0 Å². The Morgan fingerprint density at radius 1 is 1.29 bits per heavy atom. The lowest BCUT2D eigenvalue weighted by Gasteiger charge is -2.11. The van der Waals surface area contributed by atoms with Crippen LogP contribution in [0.2, 0.25) is 0 Å². The van der Waals surface area contributed by atoms with Crippen molar-refractivity contribution in [2.24, 2.45) is 0 Å². The second-order valence-corrected chi connectivity index (χ2v) is 7.11. The molecule has 0 saturated carbocycles. The molecule has 0 aliphatic carbocycles. The quantitative estimate of drug-likeness (QED) is 0.682. The van der Waals surface area contributed by atoms with Gasteiger partial charge in [0.1, 0.15) is 0 Å². The molecule has 0 aliphatic heterocycles. The van der Waals surface area contributed by atoms with Crippen molar-refractivity contribution in [3.05, 3.63) is 40.6 Å². The molecule has 0 spiro atoms. The minimum absolute atomic E-state index is 0.219. The highest BCUT2D eigenvalue weighted by molar-refractivity contribution is 7.89. The Kier molecular flexibility index (Phi) is 5.22. The molecule has 0 unspecified atom stereocenters. The summed E-state index contributed by atoms with van der Waals surface area (Å²) in [5.41, 5.74) is 8.32. The second kappa shape index (κ2) is 6.93. The summed E-state index contributed by atoms with van der Waals surface area (Å²) in [6, 6.07) is 6.76. The van der Waals surface area contributed by atoms with Gasteiger partial charge in [0.2, 0.25) is 10.0 Å². The lowest BCUT2D eigenvalue weighted by Crippen LogP contribution is -2.23. The van der Waals surface area contributed by atoms with Crippen molar-refractivity contribution >= 4 is 32.7 Å². The van der Waals surface area contributed by atoms with E-state index in [-0.39, 0.29) is 4.90 Å². The van der Waals surface area contributed by atoms with Crippen LogP contribution in [0, 0.1) is 0 Å². The van der Waals surface area contributed by atoms with Crippen LogP contribution in [-0.4, -0.2) is 21.5 Å². The molecular formula is C14H19N3O2S2. The maximum atomic E-state index is 12.0. The summed E-state index contributed by atoms with van der Waals surface area (Å²) in [7, 11) is -3.46. The Bertz CT molecular complexity index is 682. The first-order chi connectivity index (χ1) is 10.0. The van der Waals surface area contributed by atoms with Crippen molar-refractivity contribution in [1.29, 1.82) is 0 Å². The number of nitrogen functional groups attached to an aromatic ring is 1. The van der Waals surface area contributed by atoms with Crippen LogP contribution < -0.4 is 15.8 Å². The zero-order chi connectivity index (χ0) is 15.3. The number of sulfonamides is 1. The molecule has 4 N–H and O–H groups in total. The number of thiophene rings is 1. The van der Waals surface area contributed by atoms with Crippen LogP contribution in [0.25, 0.3) is 0 Å². The van der Waals surface area contributed by atoms with Crippen LogP contribution in [0.1, 0.15) is 12.5 Å². The number of anilines is 2. The molecule has 0 radical (unpaired) electrons. The van der Waals surface area contributed by atoms with Gasteiger partial charge in [-0.2, -0.15) is 11.3 Å². The lowest BCUT2D eigenvalue weighted by molar-refractivity contribution is 0.584. The third kappa shape index (κ3) is 4.20. The normalized spacial score (nSPS) is 11.5. The molecule has 1 aromatic heterocycles. The lowest BCUT2D eigenvalue weighted by atomic mass is 10.2. The molecule has 0 aliphatic rings. The monoisotopic (exact) mass is 325 g/mol. The van der Waals surface area contributed by atoms with E-state index in [1.165, 1.54) is 11.6 Å². The van der Waals surface area contributed by atoms with Crippen molar-refractivity contribution in [2.45, 2.75) is 18.2 Å². The zero-order valence-electron chi connectivity index (χ0n) is 11.8. The van der Waals surface area contributed by atoms with E-state index in [0.717, 1.165) is 6.42 Å². The van der Waals surface area contributed by atoms with Gasteiger partial charge in [-0.3, -0.25) is 0 Å². The standard InChI is InChI=1S/C14H19N3O2S2/c1-2-17-21(18,19)12-3-4-13(15)14(9-12)16-7-5-11-6-8-20-10-11/h3-4,6,8-10,16-17H,2,5,7,15H2,1H3. The van der Waals surface area contributed by atoms with Gasteiger partial charge in [-0.15, -0.1) is 0 Å². The predicted molar refractivity (Wildman–Crippen MR) is 88.2 cm³/mol. The van der Waals surface area contributed by atoms with Crippen LogP contribution in [0.4, 0.5) is 11.4 Å². The van der Waals surface area contributed by atoms with Gasteiger partial charge in [-0.25, -0.2) is 13.1 Å². The van der Waals surface area contributed by atoms with Gasteiger partial charge < -0.3 is 11.1 Å². The Morgan fingerprint density at radius 3 is 2.76 bits per heavy atom. The molecule has 0 saturated heterocycles. The molecule has 5 nitrogen and oxygen atoms in total. The minimum atomic E-state index is -3.46. The number of rotatable bonds is 7. The van der Waals surface area contributed by atoms with Crippen LogP contribution in [0.5, 0.6) is 0 Å². The SMILES string of the molecule is CCNS(=O)(=O)c1ccc(N)c(NCCc2ccsc2)c1. The highest BCUT2D eigenvalue weighted by Crippen LogP contribution is 2.22. The van der Waals surface area contributed by atoms with Crippen molar-refractivity contribution in [2.75, 3.05) is 24.1 Å². The van der Waals surface area contributed by atoms with Crippen LogP contribution >= 0.6 is 11.3 Å². The Labute approximate surface area is 129 Å². The fraction of sp³-hybridized carbons (Fsp3) is 0.286. The first-order valence-electron chi connectivity index (χ1n) is 6.67. The van der Waals surface area contributed by atoms with Gasteiger partial charge in [0.05, 0.1) is 16.3 Å². The van der Waals surface area contributed by atoms with Gasteiger partial charge in [0.25, 0.3) is 0 Å². The Morgan fingerprint density at radius 2 is 2.10 bits per heavy atom. The number of nitrogens with two attached hydrogens (primary N) is 1. The third-order valence-corrected chi connectivity index (χ3v) is 5.25. The average Bonchev–Trinajstić information content (AvgIpc) is 2.94. The Hall–Kier alpha value is -1.57. The van der Waals surface area contributed by atoms with Crippen LogP contribution in [-0.2, 0) is 16.4 Å². The van der Waals surface area contributed by atoms with Gasteiger partial charge in [0.15, 0.2) is 0 Å². The molecule has 0 fully saturated rings. The summed E-state index contributed by atoms with van der Waals surface area (Å²) in [6.45, 7) is 2.80. The summed E-state index contributed by atoms with van der Waals surface area (Å²) in [4.78, 5) is 0.219. The molecule has 21 heavy (non-hydrogen) atoms. The first-order valence-corrected chi connectivity index (χ1v) is 9.09. The van der Waals surface area contributed by atoms with Crippen molar-refractivity contribution < 1.29 is 8.42 Å². The largest absolute Gasteiger partial charge is 0.397 e. The van der Waals surface area contributed by atoms with Crippen molar-refractivity contribution in [3.63, 3.8) is 0 Å². The van der Waals surface area contributed by atoms with Gasteiger partial charge in [0, 0.05) is 13.1 Å². The maximum absolute atomic E-state index is 12.0. The molecule has 0 bridgehead atoms. The molecule has 2 rings (SSSR count). The molecule has 2 aromatic rings. The topological polar surface area (TPSA) is 84.2 Å². The number of nitrogens with one attached hydrogen (secondary N) is 2. The van der Waals surface area contributed by atoms with Crippen molar-refractivity contribution in [1.82, 2.24) is 4.72 Å². The van der Waals surface area contributed by atoms with Gasteiger partial charge in [-0.05, 0) is 47.0 Å². The number of benzene rings is 1. The van der Waals surface area contributed by atoms with Crippen LogP contribution in [0.15, 0.2) is 39.9 Å². The van der Waals surface area contributed by atoms with Gasteiger partial charge >= 0.3 is 0 Å². The third-order valence-electron chi connectivity index (χ3n) is 2.98. The average molecular weight is 325 g/mol. The van der Waals surface area contributed by atoms with E-state index in [1.807, 2.05) is 5.38 Å². The molecule has 0 atom stereocenters. The molecule has 7 heteroatoms. The van der Waals surface area contributed by atoms with E-state index < -0.39 is 10.0 Å². The smallest absolute Gasteiger partial charge is 0.240 e. The molecular weight excluding hydrogens is 306 g/mol. The number of hydrogen-bond acceptors (Lipinski definition) is 5. The van der Waals surface area contributed by atoms with E-state index >= 15 is 0 Å². The van der Waals surface area contributed by atoms with E-state index in [1.54, 1.807) is 30.4 Å². The highest BCUT2D eigenvalue weighted by atomic mass is 32.2. The second-order valence-electron chi connectivity index (χ2n) is 4.56. The molecule has 1 aromatic carbocycles. The molecule has 114 valence electrons.